The van der Waals surface area contributed by atoms with Crippen molar-refractivity contribution in [1.82, 2.24) is 15.3 Å². The van der Waals surface area contributed by atoms with E-state index >= 15 is 0 Å². The predicted octanol–water partition coefficient (Wildman–Crippen LogP) is 3.92. The molecule has 1 aromatic heterocycles. The number of hydrogen-bond donors (Lipinski definition) is 2. The van der Waals surface area contributed by atoms with Crippen LogP contribution in [0.5, 0.6) is 5.75 Å². The molecule has 0 bridgehead atoms. The summed E-state index contributed by atoms with van der Waals surface area (Å²) in [6, 6.07) is 18.5. The molecule has 0 aliphatic rings. The van der Waals surface area contributed by atoms with Crippen molar-refractivity contribution in [1.29, 1.82) is 5.26 Å². The average Bonchev–Trinajstić information content (AvgIpc) is 2.81. The number of hydrogen-bond acceptors (Lipinski definition) is 6. The number of nitriles is 1. The lowest BCUT2D eigenvalue weighted by Gasteiger charge is -2.22. The fourth-order valence-corrected chi connectivity index (χ4v) is 3.90. The van der Waals surface area contributed by atoms with Crippen LogP contribution in [0.15, 0.2) is 64.5 Å². The Morgan fingerprint density at radius 1 is 1.19 bits per heavy atom. The number of amides is 1. The van der Waals surface area contributed by atoms with Crippen LogP contribution in [0.2, 0.25) is 0 Å². The summed E-state index contributed by atoms with van der Waals surface area (Å²) in [7, 11) is 1.56. The van der Waals surface area contributed by atoms with E-state index in [2.05, 4.69) is 15.3 Å². The number of nitrogens with one attached hydrogen (secondary N) is 2. The lowest BCUT2D eigenvalue weighted by Crippen LogP contribution is -2.33. The van der Waals surface area contributed by atoms with Gasteiger partial charge in [0.15, 0.2) is 5.16 Å². The fraction of sp³-hybridized carbons (Fsp3) is 0.250. The molecule has 0 spiro atoms. The zero-order chi connectivity index (χ0) is 23.1. The number of ether oxygens (including phenoxy) is 1. The second-order valence-electron chi connectivity index (χ2n) is 7.42. The maximum absolute atomic E-state index is 12.6. The van der Waals surface area contributed by atoms with Gasteiger partial charge < -0.3 is 15.0 Å². The van der Waals surface area contributed by atoms with Gasteiger partial charge in [-0.05, 0) is 35.7 Å². The molecule has 0 aliphatic carbocycles. The van der Waals surface area contributed by atoms with Crippen LogP contribution in [0.25, 0.3) is 11.3 Å². The van der Waals surface area contributed by atoms with E-state index in [1.165, 1.54) is 0 Å². The third kappa shape index (κ3) is 5.56. The lowest BCUT2D eigenvalue weighted by atomic mass is 9.96. The van der Waals surface area contributed by atoms with Crippen LogP contribution in [-0.2, 0) is 4.79 Å². The van der Waals surface area contributed by atoms with Gasteiger partial charge in [0.2, 0.25) is 5.91 Å². The van der Waals surface area contributed by atoms with Gasteiger partial charge >= 0.3 is 0 Å². The van der Waals surface area contributed by atoms with Crippen molar-refractivity contribution in [2.24, 2.45) is 5.92 Å². The van der Waals surface area contributed by atoms with Crippen LogP contribution in [-0.4, -0.2) is 28.7 Å². The Bertz CT molecular complexity index is 1170. The number of aromatic amines is 1. The van der Waals surface area contributed by atoms with Crippen LogP contribution >= 0.6 is 11.8 Å². The molecule has 0 aliphatic heterocycles. The normalized spacial score (nSPS) is 11.6. The minimum atomic E-state index is -0.541. The number of carbonyl (C=O) groups is 1. The highest BCUT2D eigenvalue weighted by atomic mass is 32.2. The maximum Gasteiger partial charge on any atom is 0.270 e. The molecule has 7 nitrogen and oxygen atoms in total. The Labute approximate surface area is 190 Å². The molecule has 0 fully saturated rings. The highest BCUT2D eigenvalue weighted by molar-refractivity contribution is 7.99. The highest BCUT2D eigenvalue weighted by Crippen LogP contribution is 2.25. The first-order valence-electron chi connectivity index (χ1n) is 10.1. The second-order valence-corrected chi connectivity index (χ2v) is 8.39. The average molecular weight is 449 g/mol. The summed E-state index contributed by atoms with van der Waals surface area (Å²) in [5, 5.41) is 12.8. The van der Waals surface area contributed by atoms with Crippen molar-refractivity contribution in [2.75, 3.05) is 12.9 Å². The molecule has 3 rings (SSSR count). The molecule has 0 saturated carbocycles. The Kier molecular flexibility index (Phi) is 7.68. The van der Waals surface area contributed by atoms with Crippen LogP contribution < -0.4 is 15.6 Å². The van der Waals surface area contributed by atoms with Crippen molar-refractivity contribution in [3.8, 4) is 23.1 Å². The quantitative estimate of drug-likeness (QED) is 0.399. The fourth-order valence-electron chi connectivity index (χ4n) is 3.23. The number of thioether (sulfide) groups is 1. The number of benzene rings is 2. The van der Waals surface area contributed by atoms with Crippen molar-refractivity contribution in [3.05, 3.63) is 76.1 Å². The topological polar surface area (TPSA) is 108 Å². The van der Waals surface area contributed by atoms with Gasteiger partial charge in [-0.15, -0.1) is 0 Å². The molecule has 3 aromatic rings. The van der Waals surface area contributed by atoms with Crippen LogP contribution in [0.1, 0.15) is 31.0 Å². The van der Waals surface area contributed by atoms with E-state index in [-0.39, 0.29) is 40.0 Å². The first-order valence-corrected chi connectivity index (χ1v) is 11.1. The third-order valence-corrected chi connectivity index (χ3v) is 5.73. The van der Waals surface area contributed by atoms with Crippen LogP contribution in [0, 0.1) is 17.2 Å². The Morgan fingerprint density at radius 3 is 2.47 bits per heavy atom. The second kappa shape index (κ2) is 10.6. The summed E-state index contributed by atoms with van der Waals surface area (Å²) in [5.74, 6) is 0.769. The SMILES string of the molecule is COc1ccc(-c2nc(SCC(=O)N[C@@H](c3ccccc3)C(C)C)[nH]c(=O)c2C#N)cc1. The molecule has 1 amide bonds. The molecule has 0 saturated heterocycles. The monoisotopic (exact) mass is 448 g/mol. The molecule has 2 aromatic carbocycles. The van der Waals surface area contributed by atoms with Gasteiger partial charge in [-0.1, -0.05) is 55.9 Å². The summed E-state index contributed by atoms with van der Waals surface area (Å²) in [6.07, 6.45) is 0. The standard InChI is InChI=1S/C24H24N4O3S/c1-15(2)21(16-7-5-4-6-8-16)26-20(29)14-32-24-27-22(19(13-25)23(30)28-24)17-9-11-18(31-3)12-10-17/h4-12,15,21H,14H2,1-3H3,(H,26,29)(H,27,28,30)/t21-/m1/s1. The van der Waals surface area contributed by atoms with E-state index in [0.29, 0.717) is 11.3 Å². The first-order chi connectivity index (χ1) is 15.4. The van der Waals surface area contributed by atoms with E-state index < -0.39 is 5.56 Å². The molecule has 1 heterocycles. The van der Waals surface area contributed by atoms with Crippen molar-refractivity contribution < 1.29 is 9.53 Å². The molecule has 32 heavy (non-hydrogen) atoms. The zero-order valence-electron chi connectivity index (χ0n) is 18.1. The molecule has 1 atom stereocenters. The van der Waals surface area contributed by atoms with Crippen molar-refractivity contribution in [2.45, 2.75) is 25.0 Å². The van der Waals surface area contributed by atoms with Gasteiger partial charge in [0.1, 0.15) is 17.4 Å². The van der Waals surface area contributed by atoms with E-state index in [9.17, 15) is 14.9 Å². The predicted molar refractivity (Wildman–Crippen MR) is 124 cm³/mol. The Morgan fingerprint density at radius 2 is 1.88 bits per heavy atom. The van der Waals surface area contributed by atoms with E-state index in [4.69, 9.17) is 4.74 Å². The number of rotatable bonds is 8. The van der Waals surface area contributed by atoms with Gasteiger partial charge in [0, 0.05) is 5.56 Å². The third-order valence-electron chi connectivity index (χ3n) is 4.85. The number of methoxy groups -OCH3 is 1. The molecular weight excluding hydrogens is 424 g/mol. The summed E-state index contributed by atoms with van der Waals surface area (Å²) in [5.41, 5.74) is 1.30. The highest BCUT2D eigenvalue weighted by Gasteiger charge is 2.19. The maximum atomic E-state index is 12.6. The molecule has 0 unspecified atom stereocenters. The van der Waals surface area contributed by atoms with Gasteiger partial charge in [-0.3, -0.25) is 9.59 Å². The van der Waals surface area contributed by atoms with Crippen LogP contribution in [0.4, 0.5) is 0 Å². The number of H-pyrrole nitrogens is 1. The number of aromatic nitrogens is 2. The van der Waals surface area contributed by atoms with Crippen LogP contribution in [0.3, 0.4) is 0 Å². The van der Waals surface area contributed by atoms with E-state index in [1.807, 2.05) is 50.2 Å². The van der Waals surface area contributed by atoms with E-state index in [1.54, 1.807) is 31.4 Å². The summed E-state index contributed by atoms with van der Waals surface area (Å²) in [6.45, 7) is 4.09. The van der Waals surface area contributed by atoms with Gasteiger partial charge in [-0.25, -0.2) is 4.98 Å². The van der Waals surface area contributed by atoms with E-state index in [0.717, 1.165) is 17.3 Å². The zero-order valence-corrected chi connectivity index (χ0v) is 18.9. The summed E-state index contributed by atoms with van der Waals surface area (Å²) >= 11 is 1.11. The number of nitrogens with zero attached hydrogens (tertiary/aromatic N) is 2. The van der Waals surface area contributed by atoms with Gasteiger partial charge in [0.25, 0.3) is 5.56 Å². The Balaban J connectivity index is 1.77. The molecular formula is C24H24N4O3S. The Hall–Kier alpha value is -3.57. The molecule has 8 heteroatoms. The summed E-state index contributed by atoms with van der Waals surface area (Å²) < 4.78 is 5.15. The minimum Gasteiger partial charge on any atom is -0.497 e. The number of carbonyl (C=O) groups excluding carboxylic acids is 1. The smallest absolute Gasteiger partial charge is 0.270 e. The molecule has 164 valence electrons. The lowest BCUT2D eigenvalue weighted by molar-refractivity contribution is -0.119. The van der Waals surface area contributed by atoms with Crippen molar-refractivity contribution in [3.63, 3.8) is 0 Å². The largest absolute Gasteiger partial charge is 0.497 e. The molecule has 0 radical (unpaired) electrons. The van der Waals surface area contributed by atoms with Crippen molar-refractivity contribution >= 4 is 17.7 Å². The van der Waals surface area contributed by atoms with Gasteiger partial charge in [-0.2, -0.15) is 5.26 Å². The molecule has 2 N–H and O–H groups in total. The minimum absolute atomic E-state index is 0.0760. The summed E-state index contributed by atoms with van der Waals surface area (Å²) in [4.78, 5) is 32.1. The van der Waals surface area contributed by atoms with Gasteiger partial charge in [0.05, 0.1) is 24.6 Å². The first kappa shape index (κ1) is 23.1.